The van der Waals surface area contributed by atoms with E-state index in [-0.39, 0.29) is 30.3 Å². The number of nitrogens with one attached hydrogen (secondary N) is 1. The first-order chi connectivity index (χ1) is 16.2. The zero-order valence-corrected chi connectivity index (χ0v) is 20.2. The molecule has 0 spiro atoms. The van der Waals surface area contributed by atoms with Crippen molar-refractivity contribution < 1.29 is 19.1 Å². The molecule has 2 atom stereocenters. The first-order valence-corrected chi connectivity index (χ1v) is 11.8. The number of carbonyl (C=O) groups is 3. The standard InChI is InChI=1S/C28H34N2O4/c1-28(2,3)34-27(33)29-23(19-21-11-6-4-7-12-21)15-10-16-25(31)30-24(17-18-26(30)32)20-22-13-8-5-9-14-22/h4-15,23-24H,16-20H2,1-3H3,(H,29,33)/b15-10+/t23-,24-/m1/s1. The van der Waals surface area contributed by atoms with Crippen LogP contribution in [0.4, 0.5) is 4.79 Å². The van der Waals surface area contributed by atoms with Gasteiger partial charge < -0.3 is 10.1 Å². The number of hydrogen-bond donors (Lipinski definition) is 1. The van der Waals surface area contributed by atoms with Crippen LogP contribution in [-0.2, 0) is 27.2 Å². The highest BCUT2D eigenvalue weighted by Gasteiger charge is 2.35. The van der Waals surface area contributed by atoms with E-state index in [0.717, 1.165) is 11.1 Å². The van der Waals surface area contributed by atoms with Crippen molar-refractivity contribution in [1.29, 1.82) is 0 Å². The van der Waals surface area contributed by atoms with Crippen molar-refractivity contribution in [3.05, 3.63) is 83.9 Å². The van der Waals surface area contributed by atoms with Crippen LogP contribution in [0.15, 0.2) is 72.8 Å². The Hall–Kier alpha value is -3.41. The number of hydrogen-bond acceptors (Lipinski definition) is 4. The Balaban J connectivity index is 1.64. The van der Waals surface area contributed by atoms with Crippen molar-refractivity contribution in [2.45, 2.75) is 70.6 Å². The van der Waals surface area contributed by atoms with Gasteiger partial charge in [-0.2, -0.15) is 0 Å². The minimum absolute atomic E-state index is 0.0956. The van der Waals surface area contributed by atoms with E-state index in [9.17, 15) is 14.4 Å². The molecule has 1 fully saturated rings. The van der Waals surface area contributed by atoms with Crippen LogP contribution < -0.4 is 5.32 Å². The summed E-state index contributed by atoms with van der Waals surface area (Å²) in [5.41, 5.74) is 1.56. The molecule has 1 aliphatic rings. The van der Waals surface area contributed by atoms with Crippen LogP contribution in [0.5, 0.6) is 0 Å². The lowest BCUT2D eigenvalue weighted by Crippen LogP contribution is -2.40. The molecule has 0 saturated carbocycles. The van der Waals surface area contributed by atoms with E-state index in [0.29, 0.717) is 25.7 Å². The largest absolute Gasteiger partial charge is 0.444 e. The van der Waals surface area contributed by atoms with Gasteiger partial charge in [-0.1, -0.05) is 72.8 Å². The summed E-state index contributed by atoms with van der Waals surface area (Å²) < 4.78 is 5.40. The topological polar surface area (TPSA) is 75.7 Å². The maximum absolute atomic E-state index is 12.9. The quantitative estimate of drug-likeness (QED) is 0.570. The number of likely N-dealkylation sites (tertiary alicyclic amines) is 1. The van der Waals surface area contributed by atoms with Crippen LogP contribution in [0.2, 0.25) is 0 Å². The molecule has 2 aromatic rings. The summed E-state index contributed by atoms with van der Waals surface area (Å²) >= 11 is 0. The van der Waals surface area contributed by atoms with Crippen molar-refractivity contribution in [3.8, 4) is 0 Å². The van der Waals surface area contributed by atoms with Crippen LogP contribution >= 0.6 is 0 Å². The summed E-state index contributed by atoms with van der Waals surface area (Å²) in [5, 5.41) is 2.88. The Morgan fingerprint density at radius 2 is 1.68 bits per heavy atom. The summed E-state index contributed by atoms with van der Waals surface area (Å²) in [6.07, 6.45) is 5.42. The average Bonchev–Trinajstić information content (AvgIpc) is 3.13. The fraction of sp³-hybridized carbons (Fsp3) is 0.393. The molecule has 3 rings (SSSR count). The van der Waals surface area contributed by atoms with E-state index in [1.165, 1.54) is 4.90 Å². The third kappa shape index (κ3) is 7.87. The summed E-state index contributed by atoms with van der Waals surface area (Å²) in [5.74, 6) is -0.331. The highest BCUT2D eigenvalue weighted by atomic mass is 16.6. The monoisotopic (exact) mass is 462 g/mol. The number of benzene rings is 2. The Kier molecular flexibility index (Phi) is 8.63. The SMILES string of the molecule is CC(C)(C)OC(=O)N[C@H](/C=C/CC(=O)N1C(=O)CC[C@@H]1Cc1ccccc1)Cc1ccccc1. The molecule has 6 nitrogen and oxygen atoms in total. The molecular formula is C28H34N2O4. The van der Waals surface area contributed by atoms with Crippen molar-refractivity contribution in [2.75, 3.05) is 0 Å². The number of nitrogens with zero attached hydrogens (tertiary/aromatic N) is 1. The molecule has 0 radical (unpaired) electrons. The fourth-order valence-corrected chi connectivity index (χ4v) is 4.09. The smallest absolute Gasteiger partial charge is 0.408 e. The van der Waals surface area contributed by atoms with Gasteiger partial charge in [-0.15, -0.1) is 0 Å². The van der Waals surface area contributed by atoms with Crippen molar-refractivity contribution >= 4 is 17.9 Å². The molecule has 2 aromatic carbocycles. The van der Waals surface area contributed by atoms with Gasteiger partial charge in [-0.05, 0) is 51.2 Å². The average molecular weight is 463 g/mol. The minimum Gasteiger partial charge on any atom is -0.444 e. The second-order valence-electron chi connectivity index (χ2n) is 9.61. The summed E-state index contributed by atoms with van der Waals surface area (Å²) in [6.45, 7) is 5.44. The van der Waals surface area contributed by atoms with Gasteiger partial charge in [-0.3, -0.25) is 14.5 Å². The van der Waals surface area contributed by atoms with Gasteiger partial charge in [0.05, 0.1) is 6.04 Å². The van der Waals surface area contributed by atoms with E-state index in [4.69, 9.17) is 4.74 Å². The molecule has 1 heterocycles. The molecule has 0 unspecified atom stereocenters. The molecule has 0 aromatic heterocycles. The van der Waals surface area contributed by atoms with E-state index < -0.39 is 11.7 Å². The molecule has 1 N–H and O–H groups in total. The lowest BCUT2D eigenvalue weighted by atomic mass is 10.0. The first kappa shape index (κ1) is 25.2. The van der Waals surface area contributed by atoms with E-state index in [1.54, 1.807) is 6.08 Å². The molecule has 34 heavy (non-hydrogen) atoms. The van der Waals surface area contributed by atoms with Gasteiger partial charge >= 0.3 is 6.09 Å². The van der Waals surface area contributed by atoms with Crippen LogP contribution in [0.3, 0.4) is 0 Å². The van der Waals surface area contributed by atoms with Gasteiger partial charge in [0.25, 0.3) is 0 Å². The Labute approximate surface area is 202 Å². The number of carbonyl (C=O) groups excluding carboxylic acids is 3. The zero-order chi connectivity index (χ0) is 24.6. The highest BCUT2D eigenvalue weighted by molar-refractivity contribution is 5.97. The Bertz CT molecular complexity index is 996. The molecule has 1 aliphatic heterocycles. The fourth-order valence-electron chi connectivity index (χ4n) is 4.09. The lowest BCUT2D eigenvalue weighted by molar-refractivity contribution is -0.143. The van der Waals surface area contributed by atoms with Crippen molar-refractivity contribution in [2.24, 2.45) is 0 Å². The van der Waals surface area contributed by atoms with E-state index in [1.807, 2.05) is 87.5 Å². The Morgan fingerprint density at radius 1 is 1.06 bits per heavy atom. The third-order valence-corrected chi connectivity index (χ3v) is 5.57. The number of alkyl carbamates (subject to hydrolysis) is 1. The molecule has 0 aliphatic carbocycles. The summed E-state index contributed by atoms with van der Waals surface area (Å²) in [6, 6.07) is 19.2. The van der Waals surface area contributed by atoms with Crippen molar-refractivity contribution in [1.82, 2.24) is 10.2 Å². The lowest BCUT2D eigenvalue weighted by Gasteiger charge is -2.23. The molecule has 1 saturated heterocycles. The number of imide groups is 1. The highest BCUT2D eigenvalue weighted by Crippen LogP contribution is 2.23. The molecule has 0 bridgehead atoms. The Morgan fingerprint density at radius 3 is 2.29 bits per heavy atom. The summed E-state index contributed by atoms with van der Waals surface area (Å²) in [4.78, 5) is 39.1. The number of ether oxygens (including phenoxy) is 1. The second kappa shape index (κ2) is 11.6. The van der Waals surface area contributed by atoms with Gasteiger partial charge in [0.2, 0.25) is 11.8 Å². The van der Waals surface area contributed by atoms with E-state index >= 15 is 0 Å². The van der Waals surface area contributed by atoms with Crippen molar-refractivity contribution in [3.63, 3.8) is 0 Å². The minimum atomic E-state index is -0.606. The van der Waals surface area contributed by atoms with Crippen LogP contribution in [0.25, 0.3) is 0 Å². The van der Waals surface area contributed by atoms with Gasteiger partial charge in [0.1, 0.15) is 5.60 Å². The molecular weight excluding hydrogens is 428 g/mol. The van der Waals surface area contributed by atoms with Crippen LogP contribution in [0, 0.1) is 0 Å². The second-order valence-corrected chi connectivity index (χ2v) is 9.61. The normalized spacial score (nSPS) is 17.1. The van der Waals surface area contributed by atoms with Gasteiger partial charge in [0.15, 0.2) is 0 Å². The zero-order valence-electron chi connectivity index (χ0n) is 20.2. The predicted octanol–water partition coefficient (Wildman–Crippen LogP) is 4.83. The van der Waals surface area contributed by atoms with Crippen LogP contribution in [-0.4, -0.2) is 40.5 Å². The third-order valence-electron chi connectivity index (χ3n) is 5.57. The van der Waals surface area contributed by atoms with Crippen LogP contribution in [0.1, 0.15) is 51.2 Å². The maximum Gasteiger partial charge on any atom is 0.408 e. The van der Waals surface area contributed by atoms with Gasteiger partial charge in [0, 0.05) is 18.9 Å². The predicted molar refractivity (Wildman–Crippen MR) is 132 cm³/mol. The number of amides is 3. The molecule has 3 amide bonds. The molecule has 6 heteroatoms. The molecule has 180 valence electrons. The maximum atomic E-state index is 12.9. The van der Waals surface area contributed by atoms with Gasteiger partial charge in [-0.25, -0.2) is 4.79 Å². The van der Waals surface area contributed by atoms with E-state index in [2.05, 4.69) is 5.32 Å². The number of rotatable bonds is 8. The first-order valence-electron chi connectivity index (χ1n) is 11.8. The summed E-state index contributed by atoms with van der Waals surface area (Å²) in [7, 11) is 0.